The topological polar surface area (TPSA) is 51.8 Å². The van der Waals surface area contributed by atoms with Gasteiger partial charge in [-0.2, -0.15) is 0 Å². The van der Waals surface area contributed by atoms with Gasteiger partial charge in [0.25, 0.3) is 0 Å². The molecule has 0 saturated heterocycles. The van der Waals surface area contributed by atoms with Crippen molar-refractivity contribution in [3.8, 4) is 11.5 Å². The van der Waals surface area contributed by atoms with E-state index in [0.29, 0.717) is 5.89 Å². The zero-order valence-corrected chi connectivity index (χ0v) is 8.71. The van der Waals surface area contributed by atoms with Crippen LogP contribution in [0.5, 0.6) is 0 Å². The first-order chi connectivity index (χ1) is 7.83. The predicted octanol–water partition coefficient (Wildman–Crippen LogP) is 2.59. The average molecular weight is 211 g/mol. The van der Waals surface area contributed by atoms with E-state index in [1.165, 1.54) is 6.33 Å². The number of rotatable bonds is 1. The van der Waals surface area contributed by atoms with E-state index < -0.39 is 0 Å². The average Bonchev–Trinajstić information content (AvgIpc) is 2.73. The molecule has 0 radical (unpaired) electrons. The Hall–Kier alpha value is -2.23. The molecule has 3 rings (SSSR count). The van der Waals surface area contributed by atoms with Gasteiger partial charge in [0.2, 0.25) is 5.89 Å². The first kappa shape index (κ1) is 9.03. The number of aryl methyl sites for hydroxylation is 1. The summed E-state index contributed by atoms with van der Waals surface area (Å²) in [4.78, 5) is 12.3. The van der Waals surface area contributed by atoms with Gasteiger partial charge in [0.1, 0.15) is 11.8 Å². The van der Waals surface area contributed by atoms with Crippen LogP contribution in [0.3, 0.4) is 0 Å². The molecular formula is C12H9N3O. The van der Waals surface area contributed by atoms with Gasteiger partial charge in [-0.3, -0.25) is 0 Å². The van der Waals surface area contributed by atoms with Crippen molar-refractivity contribution in [1.29, 1.82) is 0 Å². The van der Waals surface area contributed by atoms with Crippen molar-refractivity contribution in [1.82, 2.24) is 15.0 Å². The summed E-state index contributed by atoms with van der Waals surface area (Å²) in [6.07, 6.45) is 4.85. The summed E-state index contributed by atoms with van der Waals surface area (Å²) >= 11 is 0. The van der Waals surface area contributed by atoms with Crippen LogP contribution in [-0.2, 0) is 0 Å². The highest BCUT2D eigenvalue weighted by Gasteiger charge is 2.07. The van der Waals surface area contributed by atoms with Gasteiger partial charge in [0.05, 0.1) is 5.56 Å². The first-order valence-electron chi connectivity index (χ1n) is 4.95. The third kappa shape index (κ3) is 1.44. The molecule has 0 aliphatic rings. The molecule has 0 N–H and O–H groups in total. The normalized spacial score (nSPS) is 10.8. The fourth-order valence-electron chi connectivity index (χ4n) is 1.57. The molecule has 1 aromatic carbocycles. The van der Waals surface area contributed by atoms with Crippen LogP contribution in [0, 0.1) is 6.92 Å². The summed E-state index contributed by atoms with van der Waals surface area (Å²) in [5, 5.41) is 0. The lowest BCUT2D eigenvalue weighted by molar-refractivity contribution is 0.619. The number of fused-ring (bicyclic) bond motifs is 1. The second-order valence-corrected chi connectivity index (χ2v) is 3.62. The molecule has 0 bridgehead atoms. The summed E-state index contributed by atoms with van der Waals surface area (Å²) in [5.41, 5.74) is 3.59. The van der Waals surface area contributed by atoms with Crippen molar-refractivity contribution < 1.29 is 4.42 Å². The van der Waals surface area contributed by atoms with Crippen LogP contribution in [0.15, 0.2) is 41.3 Å². The Balaban J connectivity index is 2.19. The molecule has 78 valence electrons. The molecule has 0 unspecified atom stereocenters. The van der Waals surface area contributed by atoms with Gasteiger partial charge in [-0.05, 0) is 24.6 Å². The van der Waals surface area contributed by atoms with E-state index in [4.69, 9.17) is 4.42 Å². The van der Waals surface area contributed by atoms with Gasteiger partial charge < -0.3 is 4.42 Å². The maximum absolute atomic E-state index is 5.62. The Kier molecular flexibility index (Phi) is 1.93. The fraction of sp³-hybridized carbons (Fsp3) is 0.0833. The van der Waals surface area contributed by atoms with Gasteiger partial charge in [0, 0.05) is 12.4 Å². The molecule has 2 aromatic heterocycles. The van der Waals surface area contributed by atoms with Crippen LogP contribution in [0.25, 0.3) is 22.6 Å². The maximum Gasteiger partial charge on any atom is 0.230 e. The van der Waals surface area contributed by atoms with E-state index >= 15 is 0 Å². The fourth-order valence-corrected chi connectivity index (χ4v) is 1.57. The summed E-state index contributed by atoms with van der Waals surface area (Å²) in [6.45, 7) is 2.03. The number of hydrogen-bond donors (Lipinski definition) is 0. The van der Waals surface area contributed by atoms with E-state index in [1.807, 2.05) is 25.1 Å². The van der Waals surface area contributed by atoms with E-state index in [-0.39, 0.29) is 0 Å². The molecule has 2 heterocycles. The van der Waals surface area contributed by atoms with Crippen LogP contribution in [0.1, 0.15) is 5.56 Å². The molecule has 0 atom stereocenters. The Morgan fingerprint density at radius 1 is 1.12 bits per heavy atom. The zero-order chi connectivity index (χ0) is 11.0. The van der Waals surface area contributed by atoms with Crippen LogP contribution >= 0.6 is 0 Å². The van der Waals surface area contributed by atoms with Gasteiger partial charge in [-0.15, -0.1) is 0 Å². The maximum atomic E-state index is 5.62. The highest BCUT2D eigenvalue weighted by atomic mass is 16.3. The van der Waals surface area contributed by atoms with Crippen molar-refractivity contribution in [2.24, 2.45) is 0 Å². The van der Waals surface area contributed by atoms with Gasteiger partial charge in [-0.1, -0.05) is 6.07 Å². The van der Waals surface area contributed by atoms with Crippen molar-refractivity contribution in [2.75, 3.05) is 0 Å². The van der Waals surface area contributed by atoms with E-state index in [2.05, 4.69) is 15.0 Å². The highest BCUT2D eigenvalue weighted by molar-refractivity contribution is 5.76. The molecule has 16 heavy (non-hydrogen) atoms. The van der Waals surface area contributed by atoms with E-state index in [1.54, 1.807) is 12.4 Å². The SMILES string of the molecule is Cc1ccc2oc(-c3cncnc3)nc2c1. The van der Waals surface area contributed by atoms with Gasteiger partial charge in [-0.25, -0.2) is 15.0 Å². The summed E-state index contributed by atoms with van der Waals surface area (Å²) in [5.74, 6) is 0.557. The molecule has 0 amide bonds. The number of nitrogens with zero attached hydrogens (tertiary/aromatic N) is 3. The van der Waals surface area contributed by atoms with Crippen LogP contribution in [-0.4, -0.2) is 15.0 Å². The molecule has 0 aliphatic heterocycles. The summed E-state index contributed by atoms with van der Waals surface area (Å²) in [7, 11) is 0. The molecule has 4 nitrogen and oxygen atoms in total. The second kappa shape index (κ2) is 3.41. The standard InChI is InChI=1S/C12H9N3O/c1-8-2-3-11-10(4-8)15-12(16-11)9-5-13-7-14-6-9/h2-7H,1H3. The Labute approximate surface area is 92.0 Å². The van der Waals surface area contributed by atoms with Crippen LogP contribution < -0.4 is 0 Å². The minimum absolute atomic E-state index is 0.557. The molecule has 0 saturated carbocycles. The lowest BCUT2D eigenvalue weighted by Gasteiger charge is -1.90. The lowest BCUT2D eigenvalue weighted by Crippen LogP contribution is -1.80. The van der Waals surface area contributed by atoms with Crippen molar-refractivity contribution in [2.45, 2.75) is 6.92 Å². The Morgan fingerprint density at radius 2 is 1.94 bits per heavy atom. The third-order valence-corrected chi connectivity index (χ3v) is 2.35. The van der Waals surface area contributed by atoms with Crippen molar-refractivity contribution in [3.63, 3.8) is 0 Å². The number of benzene rings is 1. The molecule has 4 heteroatoms. The Morgan fingerprint density at radius 3 is 2.75 bits per heavy atom. The second-order valence-electron chi connectivity index (χ2n) is 3.62. The van der Waals surface area contributed by atoms with E-state index in [0.717, 1.165) is 22.2 Å². The van der Waals surface area contributed by atoms with Gasteiger partial charge in [0.15, 0.2) is 5.58 Å². The minimum atomic E-state index is 0.557. The van der Waals surface area contributed by atoms with Gasteiger partial charge >= 0.3 is 0 Å². The number of oxazole rings is 1. The van der Waals surface area contributed by atoms with Crippen LogP contribution in [0.2, 0.25) is 0 Å². The largest absolute Gasteiger partial charge is 0.436 e. The monoisotopic (exact) mass is 211 g/mol. The molecule has 0 fully saturated rings. The van der Waals surface area contributed by atoms with Crippen LogP contribution in [0.4, 0.5) is 0 Å². The smallest absolute Gasteiger partial charge is 0.230 e. The summed E-state index contributed by atoms with van der Waals surface area (Å²) < 4.78 is 5.62. The number of hydrogen-bond acceptors (Lipinski definition) is 4. The number of aromatic nitrogens is 3. The minimum Gasteiger partial charge on any atom is -0.436 e. The van der Waals surface area contributed by atoms with Crippen molar-refractivity contribution in [3.05, 3.63) is 42.5 Å². The Bertz CT molecular complexity index is 631. The molecule has 3 aromatic rings. The molecule has 0 aliphatic carbocycles. The predicted molar refractivity (Wildman–Crippen MR) is 59.8 cm³/mol. The molecular weight excluding hydrogens is 202 g/mol. The zero-order valence-electron chi connectivity index (χ0n) is 8.71. The van der Waals surface area contributed by atoms with E-state index in [9.17, 15) is 0 Å². The first-order valence-corrected chi connectivity index (χ1v) is 4.95. The quantitative estimate of drug-likeness (QED) is 0.620. The van der Waals surface area contributed by atoms with Crippen molar-refractivity contribution >= 4 is 11.1 Å². The molecule has 0 spiro atoms. The third-order valence-electron chi connectivity index (χ3n) is 2.35. The lowest BCUT2D eigenvalue weighted by atomic mass is 10.2. The summed E-state index contributed by atoms with van der Waals surface area (Å²) in [6, 6.07) is 5.91. The highest BCUT2D eigenvalue weighted by Crippen LogP contribution is 2.23.